The average molecular weight is 406 g/mol. The maximum Gasteiger partial charge on any atom is 0.306 e. The Morgan fingerprint density at radius 1 is 1.04 bits per heavy atom. The fourth-order valence-electron chi connectivity index (χ4n) is 2.73. The number of anilines is 1. The molecule has 0 unspecified atom stereocenters. The molecule has 2 aromatic rings. The van der Waals surface area contributed by atoms with Gasteiger partial charge in [-0.15, -0.1) is 0 Å². The molecule has 150 valence electrons. The van der Waals surface area contributed by atoms with E-state index in [1.54, 1.807) is 6.07 Å². The van der Waals surface area contributed by atoms with Gasteiger partial charge in [-0.25, -0.2) is 0 Å². The van der Waals surface area contributed by atoms with Crippen molar-refractivity contribution in [2.45, 2.75) is 26.7 Å². The van der Waals surface area contributed by atoms with E-state index in [4.69, 9.17) is 25.8 Å². The van der Waals surface area contributed by atoms with Crippen LogP contribution in [0.2, 0.25) is 5.02 Å². The molecule has 0 spiro atoms. The Morgan fingerprint density at radius 2 is 1.75 bits per heavy atom. The summed E-state index contributed by atoms with van der Waals surface area (Å²) in [6.45, 7) is 3.64. The third kappa shape index (κ3) is 5.89. The van der Waals surface area contributed by atoms with Crippen LogP contribution in [0.25, 0.3) is 0 Å². The Labute approximate surface area is 169 Å². The number of ether oxygens (including phenoxy) is 3. The molecule has 7 heteroatoms. The molecule has 0 atom stereocenters. The van der Waals surface area contributed by atoms with Crippen LogP contribution in [0.1, 0.15) is 23.1 Å². The zero-order valence-electron chi connectivity index (χ0n) is 16.4. The Balaban J connectivity index is 1.87. The Kier molecular flexibility index (Phi) is 7.70. The van der Waals surface area contributed by atoms with Crippen molar-refractivity contribution >= 4 is 29.2 Å². The number of benzene rings is 2. The Hall–Kier alpha value is -2.73. The van der Waals surface area contributed by atoms with Crippen molar-refractivity contribution in [1.82, 2.24) is 0 Å². The molecule has 28 heavy (non-hydrogen) atoms. The first-order valence-corrected chi connectivity index (χ1v) is 9.15. The lowest BCUT2D eigenvalue weighted by Gasteiger charge is -2.13. The summed E-state index contributed by atoms with van der Waals surface area (Å²) in [7, 11) is 2.93. The molecule has 0 aliphatic heterocycles. The van der Waals surface area contributed by atoms with E-state index in [1.807, 2.05) is 26.0 Å². The van der Waals surface area contributed by atoms with Gasteiger partial charge >= 0.3 is 5.97 Å². The van der Waals surface area contributed by atoms with Crippen LogP contribution in [0.15, 0.2) is 30.3 Å². The van der Waals surface area contributed by atoms with Crippen LogP contribution in [0.5, 0.6) is 11.5 Å². The van der Waals surface area contributed by atoms with Crippen molar-refractivity contribution in [2.24, 2.45) is 0 Å². The molecular formula is C21H24ClNO5. The van der Waals surface area contributed by atoms with E-state index in [0.29, 0.717) is 28.6 Å². The molecule has 0 aromatic heterocycles. The molecule has 0 heterocycles. The quantitative estimate of drug-likeness (QED) is 0.669. The van der Waals surface area contributed by atoms with Gasteiger partial charge in [0, 0.05) is 18.6 Å². The zero-order chi connectivity index (χ0) is 20.7. The normalized spacial score (nSPS) is 10.3. The van der Waals surface area contributed by atoms with Crippen LogP contribution in [0.3, 0.4) is 0 Å². The number of halogens is 1. The lowest BCUT2D eigenvalue weighted by atomic mass is 10.0. The van der Waals surface area contributed by atoms with Crippen molar-refractivity contribution in [2.75, 3.05) is 26.1 Å². The molecule has 0 bridgehead atoms. The van der Waals surface area contributed by atoms with Crippen LogP contribution in [-0.4, -0.2) is 32.7 Å². The number of carbonyl (C=O) groups is 2. The SMILES string of the molecule is COc1cc(NC(=O)COC(=O)CCc2ccc(C)cc2C)c(OC)cc1Cl. The molecule has 6 nitrogen and oxygen atoms in total. The average Bonchev–Trinajstić information content (AvgIpc) is 2.66. The minimum atomic E-state index is -0.484. The predicted molar refractivity (Wildman–Crippen MR) is 108 cm³/mol. The van der Waals surface area contributed by atoms with Crippen LogP contribution < -0.4 is 14.8 Å². The van der Waals surface area contributed by atoms with Crippen molar-refractivity contribution in [3.63, 3.8) is 0 Å². The number of carbonyl (C=O) groups excluding carboxylic acids is 2. The molecule has 1 amide bonds. The van der Waals surface area contributed by atoms with E-state index < -0.39 is 11.9 Å². The largest absolute Gasteiger partial charge is 0.495 e. The minimum Gasteiger partial charge on any atom is -0.495 e. The lowest BCUT2D eigenvalue weighted by Crippen LogP contribution is -2.21. The second-order valence-electron chi connectivity index (χ2n) is 6.33. The molecule has 2 rings (SSSR count). The summed E-state index contributed by atoms with van der Waals surface area (Å²) in [6, 6.07) is 9.16. The summed E-state index contributed by atoms with van der Waals surface area (Å²) in [4.78, 5) is 24.1. The zero-order valence-corrected chi connectivity index (χ0v) is 17.2. The van der Waals surface area contributed by atoms with Gasteiger partial charge in [-0.2, -0.15) is 0 Å². The molecule has 1 N–H and O–H groups in total. The van der Waals surface area contributed by atoms with Crippen LogP contribution in [0.4, 0.5) is 5.69 Å². The highest BCUT2D eigenvalue weighted by atomic mass is 35.5. The van der Waals surface area contributed by atoms with Gasteiger partial charge in [0.25, 0.3) is 5.91 Å². The van der Waals surface area contributed by atoms with E-state index in [9.17, 15) is 9.59 Å². The molecule has 0 saturated carbocycles. The van der Waals surface area contributed by atoms with Crippen LogP contribution in [-0.2, 0) is 20.7 Å². The first-order valence-electron chi connectivity index (χ1n) is 8.77. The third-order valence-electron chi connectivity index (χ3n) is 4.21. The maximum atomic E-state index is 12.1. The molecule has 0 aliphatic rings. The summed E-state index contributed by atoms with van der Waals surface area (Å²) in [5.74, 6) is -0.151. The third-order valence-corrected chi connectivity index (χ3v) is 4.50. The van der Waals surface area contributed by atoms with Gasteiger partial charge in [0.15, 0.2) is 6.61 Å². The van der Waals surface area contributed by atoms with E-state index in [0.717, 1.165) is 11.1 Å². The smallest absolute Gasteiger partial charge is 0.306 e. The van der Waals surface area contributed by atoms with Gasteiger partial charge in [0.2, 0.25) is 0 Å². The molecule has 0 fully saturated rings. The standard InChI is InChI=1S/C21H24ClNO5/c1-13-5-6-15(14(2)9-13)7-8-21(25)28-12-20(24)23-17-11-18(26-3)16(22)10-19(17)27-4/h5-6,9-11H,7-8,12H2,1-4H3,(H,23,24). The van der Waals surface area contributed by atoms with E-state index in [-0.39, 0.29) is 13.0 Å². The van der Waals surface area contributed by atoms with Gasteiger partial charge in [-0.05, 0) is 31.4 Å². The number of amides is 1. The molecule has 0 radical (unpaired) electrons. The summed E-state index contributed by atoms with van der Waals surface area (Å²) in [5, 5.41) is 2.98. The topological polar surface area (TPSA) is 73.9 Å². The fraction of sp³-hybridized carbons (Fsp3) is 0.333. The van der Waals surface area contributed by atoms with Gasteiger partial charge in [-0.1, -0.05) is 35.4 Å². The van der Waals surface area contributed by atoms with E-state index in [2.05, 4.69) is 11.4 Å². The first kappa shape index (κ1) is 21.6. The van der Waals surface area contributed by atoms with Gasteiger partial charge < -0.3 is 19.5 Å². The second kappa shape index (κ2) is 9.99. The number of nitrogens with one attached hydrogen (secondary N) is 1. The molecule has 0 aliphatic carbocycles. The van der Waals surface area contributed by atoms with Gasteiger partial charge in [0.05, 0.1) is 24.9 Å². The van der Waals surface area contributed by atoms with Crippen LogP contribution in [0, 0.1) is 13.8 Å². The second-order valence-corrected chi connectivity index (χ2v) is 6.73. The van der Waals surface area contributed by atoms with E-state index in [1.165, 1.54) is 25.8 Å². The first-order chi connectivity index (χ1) is 13.3. The number of aryl methyl sites for hydroxylation is 3. The van der Waals surface area contributed by atoms with Gasteiger partial charge in [-0.3, -0.25) is 9.59 Å². The van der Waals surface area contributed by atoms with Crippen LogP contribution >= 0.6 is 11.6 Å². The summed E-state index contributed by atoms with van der Waals surface area (Å²) < 4.78 is 15.4. The number of hydrogen-bond donors (Lipinski definition) is 1. The fourth-order valence-corrected chi connectivity index (χ4v) is 2.96. The van der Waals surface area contributed by atoms with E-state index >= 15 is 0 Å². The Bertz CT molecular complexity index is 866. The number of hydrogen-bond acceptors (Lipinski definition) is 5. The summed E-state index contributed by atoms with van der Waals surface area (Å²) >= 11 is 6.04. The molecule has 0 saturated heterocycles. The predicted octanol–water partition coefficient (Wildman–Crippen LogP) is 4.09. The highest BCUT2D eigenvalue weighted by Gasteiger charge is 2.14. The van der Waals surface area contributed by atoms with Crippen molar-refractivity contribution in [3.8, 4) is 11.5 Å². The Morgan fingerprint density at radius 3 is 2.39 bits per heavy atom. The molecular weight excluding hydrogens is 382 g/mol. The number of esters is 1. The minimum absolute atomic E-state index is 0.204. The highest BCUT2D eigenvalue weighted by molar-refractivity contribution is 6.32. The number of rotatable bonds is 8. The van der Waals surface area contributed by atoms with Crippen molar-refractivity contribution < 1.29 is 23.8 Å². The highest BCUT2D eigenvalue weighted by Crippen LogP contribution is 2.35. The lowest BCUT2D eigenvalue weighted by molar-refractivity contribution is -0.147. The summed E-state index contributed by atoms with van der Waals surface area (Å²) in [6.07, 6.45) is 0.768. The monoisotopic (exact) mass is 405 g/mol. The maximum absolute atomic E-state index is 12.1. The number of methoxy groups -OCH3 is 2. The van der Waals surface area contributed by atoms with Crippen molar-refractivity contribution in [1.29, 1.82) is 0 Å². The van der Waals surface area contributed by atoms with Gasteiger partial charge in [0.1, 0.15) is 11.5 Å². The molecule has 2 aromatic carbocycles. The van der Waals surface area contributed by atoms with Crippen molar-refractivity contribution in [3.05, 3.63) is 52.0 Å². The summed E-state index contributed by atoms with van der Waals surface area (Å²) in [5.41, 5.74) is 3.77.